The van der Waals surface area contributed by atoms with Crippen LogP contribution in [-0.2, 0) is 17.6 Å². The maximum absolute atomic E-state index is 12.9. The van der Waals surface area contributed by atoms with Crippen LogP contribution in [0.4, 0.5) is 5.69 Å². The van der Waals surface area contributed by atoms with Crippen LogP contribution in [0.5, 0.6) is 0 Å². The van der Waals surface area contributed by atoms with E-state index in [2.05, 4.69) is 40.1 Å². The molecular weight excluding hydrogens is 388 g/mol. The normalized spacial score (nSPS) is 17.5. The van der Waals surface area contributed by atoms with E-state index in [-0.39, 0.29) is 17.9 Å². The number of hydrogen-bond acceptors (Lipinski definition) is 6. The SMILES string of the molecule is CCc1nc2cc(N3CCC[C@H](C(=O)N[C@H](C)c4cccnc4)C3)cnc2nc1CC. The van der Waals surface area contributed by atoms with Gasteiger partial charge in [0.05, 0.1) is 35.2 Å². The van der Waals surface area contributed by atoms with Crippen LogP contribution in [0.2, 0.25) is 0 Å². The number of hydrogen-bond donors (Lipinski definition) is 1. The number of aryl methyl sites for hydroxylation is 2. The lowest BCUT2D eigenvalue weighted by atomic mass is 9.96. The van der Waals surface area contributed by atoms with E-state index in [4.69, 9.17) is 9.97 Å². The molecule has 1 aliphatic rings. The smallest absolute Gasteiger partial charge is 0.225 e. The third kappa shape index (κ3) is 4.65. The largest absolute Gasteiger partial charge is 0.369 e. The molecule has 1 aliphatic heterocycles. The molecule has 7 nitrogen and oxygen atoms in total. The first kappa shape index (κ1) is 21.2. The summed E-state index contributed by atoms with van der Waals surface area (Å²) in [5, 5.41) is 3.15. The lowest BCUT2D eigenvalue weighted by molar-refractivity contribution is -0.125. The van der Waals surface area contributed by atoms with Gasteiger partial charge in [0.2, 0.25) is 5.91 Å². The Morgan fingerprint density at radius 2 is 2.03 bits per heavy atom. The Morgan fingerprint density at radius 3 is 2.77 bits per heavy atom. The Hall–Kier alpha value is -3.09. The minimum absolute atomic E-state index is 0.0525. The second-order valence-corrected chi connectivity index (χ2v) is 8.16. The van der Waals surface area contributed by atoms with Gasteiger partial charge in [0.1, 0.15) is 5.52 Å². The maximum atomic E-state index is 12.9. The quantitative estimate of drug-likeness (QED) is 0.658. The number of pyridine rings is 2. The molecule has 1 fully saturated rings. The number of carbonyl (C=O) groups excluding carboxylic acids is 1. The zero-order valence-electron chi connectivity index (χ0n) is 18.5. The highest BCUT2D eigenvalue weighted by atomic mass is 16.2. The van der Waals surface area contributed by atoms with Crippen LogP contribution >= 0.6 is 0 Å². The first-order valence-electron chi connectivity index (χ1n) is 11.2. The molecule has 0 radical (unpaired) electrons. The van der Waals surface area contributed by atoms with Crippen molar-refractivity contribution in [2.45, 2.75) is 52.5 Å². The number of nitrogens with zero attached hydrogens (tertiary/aromatic N) is 5. The van der Waals surface area contributed by atoms with E-state index in [1.54, 1.807) is 12.4 Å². The average molecular weight is 419 g/mol. The van der Waals surface area contributed by atoms with Gasteiger partial charge in [-0.3, -0.25) is 9.78 Å². The fourth-order valence-electron chi connectivity index (χ4n) is 4.22. The molecule has 4 rings (SSSR count). The molecule has 3 aromatic rings. The van der Waals surface area contributed by atoms with E-state index in [1.807, 2.05) is 25.3 Å². The Morgan fingerprint density at radius 1 is 1.23 bits per heavy atom. The molecule has 0 bridgehead atoms. The monoisotopic (exact) mass is 418 g/mol. The van der Waals surface area contributed by atoms with Gasteiger partial charge in [-0.15, -0.1) is 0 Å². The van der Waals surface area contributed by atoms with Crippen molar-refractivity contribution in [2.24, 2.45) is 5.92 Å². The van der Waals surface area contributed by atoms with Gasteiger partial charge in [0.15, 0.2) is 5.65 Å². The zero-order valence-corrected chi connectivity index (χ0v) is 18.5. The molecule has 4 heterocycles. The summed E-state index contributed by atoms with van der Waals surface area (Å²) >= 11 is 0. The average Bonchev–Trinajstić information content (AvgIpc) is 2.83. The van der Waals surface area contributed by atoms with Crippen molar-refractivity contribution < 1.29 is 4.79 Å². The minimum Gasteiger partial charge on any atom is -0.369 e. The first-order chi connectivity index (χ1) is 15.1. The highest BCUT2D eigenvalue weighted by Crippen LogP contribution is 2.26. The van der Waals surface area contributed by atoms with Crippen molar-refractivity contribution in [3.05, 3.63) is 53.7 Å². The lowest BCUT2D eigenvalue weighted by Gasteiger charge is -2.34. The zero-order chi connectivity index (χ0) is 21.8. The summed E-state index contributed by atoms with van der Waals surface area (Å²) in [5.41, 5.74) is 5.59. The lowest BCUT2D eigenvalue weighted by Crippen LogP contribution is -2.43. The standard InChI is InChI=1S/C24H30N6O/c1-4-20-21(5-2)29-23-22(28-20)12-19(14-26-23)30-11-7-9-18(15-30)24(31)27-16(3)17-8-6-10-25-13-17/h6,8,10,12-14,16,18H,4-5,7,9,11,15H2,1-3H3,(H,27,31)/t16-,18+/m1/s1. The predicted octanol–water partition coefficient (Wildman–Crippen LogP) is 3.64. The molecule has 0 aromatic carbocycles. The van der Waals surface area contributed by atoms with Crippen molar-refractivity contribution >= 4 is 22.8 Å². The topological polar surface area (TPSA) is 83.9 Å². The predicted molar refractivity (Wildman–Crippen MR) is 122 cm³/mol. The highest BCUT2D eigenvalue weighted by Gasteiger charge is 2.27. The van der Waals surface area contributed by atoms with Crippen LogP contribution in [0.1, 0.15) is 56.6 Å². The minimum atomic E-state index is -0.0607. The third-order valence-corrected chi connectivity index (χ3v) is 6.03. The fraction of sp³-hybridized carbons (Fsp3) is 0.458. The van der Waals surface area contributed by atoms with Gasteiger partial charge < -0.3 is 10.2 Å². The Kier molecular flexibility index (Phi) is 6.39. The molecular formula is C24H30N6O. The van der Waals surface area contributed by atoms with Crippen LogP contribution in [0.15, 0.2) is 36.8 Å². The van der Waals surface area contributed by atoms with Crippen LogP contribution in [0, 0.1) is 5.92 Å². The summed E-state index contributed by atoms with van der Waals surface area (Å²) in [6, 6.07) is 5.88. The molecule has 1 amide bonds. The van der Waals surface area contributed by atoms with Crippen molar-refractivity contribution in [3.8, 4) is 0 Å². The molecule has 3 aromatic heterocycles. The van der Waals surface area contributed by atoms with E-state index in [1.165, 1.54) is 0 Å². The maximum Gasteiger partial charge on any atom is 0.225 e. The summed E-state index contributed by atoms with van der Waals surface area (Å²) < 4.78 is 0. The molecule has 7 heteroatoms. The number of aromatic nitrogens is 4. The van der Waals surface area contributed by atoms with Gasteiger partial charge >= 0.3 is 0 Å². The number of nitrogens with one attached hydrogen (secondary N) is 1. The molecule has 2 atom stereocenters. The second-order valence-electron chi connectivity index (χ2n) is 8.16. The van der Waals surface area contributed by atoms with Crippen LogP contribution < -0.4 is 10.2 Å². The fourth-order valence-corrected chi connectivity index (χ4v) is 4.22. The summed E-state index contributed by atoms with van der Waals surface area (Å²) in [7, 11) is 0. The summed E-state index contributed by atoms with van der Waals surface area (Å²) in [6.45, 7) is 7.79. The Balaban J connectivity index is 1.48. The molecule has 31 heavy (non-hydrogen) atoms. The van der Waals surface area contributed by atoms with Crippen LogP contribution in [0.3, 0.4) is 0 Å². The van der Waals surface area contributed by atoms with E-state index in [0.717, 1.165) is 60.4 Å². The molecule has 0 unspecified atom stereocenters. The van der Waals surface area contributed by atoms with Crippen molar-refractivity contribution in [3.63, 3.8) is 0 Å². The number of amides is 1. The van der Waals surface area contributed by atoms with Gasteiger partial charge in [-0.1, -0.05) is 19.9 Å². The molecule has 0 saturated carbocycles. The van der Waals surface area contributed by atoms with Gasteiger partial charge in [-0.2, -0.15) is 0 Å². The second kappa shape index (κ2) is 9.37. The summed E-state index contributed by atoms with van der Waals surface area (Å²) in [6.07, 6.45) is 8.98. The van der Waals surface area contributed by atoms with Crippen LogP contribution in [0.25, 0.3) is 11.2 Å². The number of anilines is 1. The molecule has 0 aliphatic carbocycles. The number of carbonyl (C=O) groups is 1. The van der Waals surface area contributed by atoms with Crippen molar-refractivity contribution in [1.82, 2.24) is 25.3 Å². The number of piperidine rings is 1. The van der Waals surface area contributed by atoms with Gasteiger partial charge in [0.25, 0.3) is 0 Å². The molecule has 0 spiro atoms. The molecule has 162 valence electrons. The summed E-state index contributed by atoms with van der Waals surface area (Å²) in [4.78, 5) is 33.4. The van der Waals surface area contributed by atoms with Gasteiger partial charge in [-0.05, 0) is 50.3 Å². The Bertz CT molecular complexity index is 1050. The molecule has 1 N–H and O–H groups in total. The number of rotatable bonds is 6. The highest BCUT2D eigenvalue weighted by molar-refractivity contribution is 5.80. The summed E-state index contributed by atoms with van der Waals surface area (Å²) in [5.74, 6) is 0.0405. The molecule has 1 saturated heterocycles. The van der Waals surface area contributed by atoms with Crippen LogP contribution in [-0.4, -0.2) is 38.9 Å². The van der Waals surface area contributed by atoms with Gasteiger partial charge in [-0.25, -0.2) is 15.0 Å². The van der Waals surface area contributed by atoms with Crippen molar-refractivity contribution in [1.29, 1.82) is 0 Å². The van der Waals surface area contributed by atoms with E-state index >= 15 is 0 Å². The third-order valence-electron chi connectivity index (χ3n) is 6.03. The van der Waals surface area contributed by atoms with Crippen molar-refractivity contribution in [2.75, 3.05) is 18.0 Å². The van der Waals surface area contributed by atoms with Gasteiger partial charge in [0, 0.05) is 25.5 Å². The van der Waals surface area contributed by atoms with E-state index in [0.29, 0.717) is 12.2 Å². The Labute approximate surface area is 183 Å². The first-order valence-corrected chi connectivity index (χ1v) is 11.2. The van der Waals surface area contributed by atoms with E-state index in [9.17, 15) is 4.79 Å². The number of fused-ring (bicyclic) bond motifs is 1. The van der Waals surface area contributed by atoms with E-state index < -0.39 is 0 Å².